The molecule has 0 spiro atoms. The third-order valence-corrected chi connectivity index (χ3v) is 3.98. The summed E-state index contributed by atoms with van der Waals surface area (Å²) in [7, 11) is 0. The van der Waals surface area contributed by atoms with E-state index in [0.717, 1.165) is 12.1 Å². The van der Waals surface area contributed by atoms with Crippen LogP contribution < -0.4 is 5.56 Å². The number of alkyl halides is 3. The van der Waals surface area contributed by atoms with Gasteiger partial charge in [-0.25, -0.2) is 14.1 Å². The van der Waals surface area contributed by atoms with E-state index in [9.17, 15) is 22.4 Å². The average Bonchev–Trinajstić information content (AvgIpc) is 3.02. The summed E-state index contributed by atoms with van der Waals surface area (Å²) in [5, 5.41) is 4.12. The number of aryl methyl sites for hydroxylation is 1. The van der Waals surface area contributed by atoms with Gasteiger partial charge in [0.15, 0.2) is 5.82 Å². The zero-order valence-electron chi connectivity index (χ0n) is 13.8. The first-order chi connectivity index (χ1) is 12.1. The van der Waals surface area contributed by atoms with Gasteiger partial charge in [-0.2, -0.15) is 18.3 Å². The van der Waals surface area contributed by atoms with Gasteiger partial charge < -0.3 is 4.98 Å². The fraction of sp³-hybridized carbons (Fsp3) is 0.235. The van der Waals surface area contributed by atoms with Crippen LogP contribution in [-0.4, -0.2) is 19.7 Å². The molecule has 0 fully saturated rings. The molecule has 1 atom stereocenters. The lowest BCUT2D eigenvalue weighted by molar-refractivity contribution is -0.140. The SMILES string of the molecule is Cc1nc(-n2cc(C(C)c3ccc(C(F)(F)F)c(F)c3)cn2)cc(=O)[nH]1. The highest BCUT2D eigenvalue weighted by atomic mass is 19.4. The lowest BCUT2D eigenvalue weighted by Crippen LogP contribution is -2.12. The van der Waals surface area contributed by atoms with Gasteiger partial charge >= 0.3 is 6.18 Å². The van der Waals surface area contributed by atoms with Crippen LogP contribution in [0.1, 0.15) is 35.4 Å². The average molecular weight is 366 g/mol. The van der Waals surface area contributed by atoms with Crippen LogP contribution in [0.3, 0.4) is 0 Å². The van der Waals surface area contributed by atoms with Crippen LogP contribution in [0.15, 0.2) is 41.5 Å². The van der Waals surface area contributed by atoms with E-state index in [1.54, 1.807) is 20.0 Å². The van der Waals surface area contributed by atoms with E-state index < -0.39 is 23.5 Å². The molecule has 0 saturated heterocycles. The van der Waals surface area contributed by atoms with Gasteiger partial charge in [-0.05, 0) is 30.2 Å². The Morgan fingerprint density at radius 3 is 2.54 bits per heavy atom. The van der Waals surface area contributed by atoms with E-state index >= 15 is 0 Å². The highest BCUT2D eigenvalue weighted by Crippen LogP contribution is 2.33. The molecule has 1 N–H and O–H groups in total. The first-order valence-electron chi connectivity index (χ1n) is 7.64. The Morgan fingerprint density at radius 2 is 1.92 bits per heavy atom. The Morgan fingerprint density at radius 1 is 1.19 bits per heavy atom. The van der Waals surface area contributed by atoms with Crippen LogP contribution in [0.4, 0.5) is 17.6 Å². The van der Waals surface area contributed by atoms with Crippen LogP contribution >= 0.6 is 0 Å². The number of H-pyrrole nitrogens is 1. The van der Waals surface area contributed by atoms with E-state index in [0.29, 0.717) is 22.8 Å². The maximum atomic E-state index is 13.8. The summed E-state index contributed by atoms with van der Waals surface area (Å²) in [4.78, 5) is 18.2. The van der Waals surface area contributed by atoms with Crippen molar-refractivity contribution in [1.82, 2.24) is 19.7 Å². The van der Waals surface area contributed by atoms with Crippen molar-refractivity contribution < 1.29 is 17.6 Å². The lowest BCUT2D eigenvalue weighted by atomic mass is 9.94. The van der Waals surface area contributed by atoms with Crippen LogP contribution in [0.5, 0.6) is 0 Å². The van der Waals surface area contributed by atoms with Gasteiger partial charge in [-0.3, -0.25) is 4.79 Å². The smallest absolute Gasteiger partial charge is 0.311 e. The molecule has 2 heterocycles. The summed E-state index contributed by atoms with van der Waals surface area (Å²) in [6.07, 6.45) is -1.64. The van der Waals surface area contributed by atoms with Crippen LogP contribution in [0.25, 0.3) is 5.82 Å². The van der Waals surface area contributed by atoms with Crippen LogP contribution in [-0.2, 0) is 6.18 Å². The van der Waals surface area contributed by atoms with Crippen molar-refractivity contribution in [3.63, 3.8) is 0 Å². The minimum absolute atomic E-state index is 0.309. The van der Waals surface area contributed by atoms with E-state index in [1.165, 1.54) is 23.0 Å². The number of aromatic nitrogens is 4. The normalized spacial score (nSPS) is 13.0. The van der Waals surface area contributed by atoms with Gasteiger partial charge in [-0.1, -0.05) is 13.0 Å². The molecular formula is C17H14F4N4O. The first kappa shape index (κ1) is 17.8. The Hall–Kier alpha value is -2.97. The topological polar surface area (TPSA) is 63.6 Å². The largest absolute Gasteiger partial charge is 0.419 e. The van der Waals surface area contributed by atoms with Crippen molar-refractivity contribution >= 4 is 0 Å². The number of nitrogens with one attached hydrogen (secondary N) is 1. The van der Waals surface area contributed by atoms with Crippen molar-refractivity contribution in [1.29, 1.82) is 0 Å². The molecule has 0 aliphatic heterocycles. The second-order valence-electron chi connectivity index (χ2n) is 5.87. The van der Waals surface area contributed by atoms with Gasteiger partial charge in [0.1, 0.15) is 11.6 Å². The number of hydrogen-bond donors (Lipinski definition) is 1. The van der Waals surface area contributed by atoms with Crippen molar-refractivity contribution in [2.75, 3.05) is 0 Å². The predicted octanol–water partition coefficient (Wildman–Crippen LogP) is 3.57. The molecule has 1 aromatic carbocycles. The summed E-state index contributed by atoms with van der Waals surface area (Å²) in [6, 6.07) is 4.11. The Labute approximate surface area is 145 Å². The zero-order chi connectivity index (χ0) is 19.1. The fourth-order valence-electron chi connectivity index (χ4n) is 2.59. The zero-order valence-corrected chi connectivity index (χ0v) is 13.8. The number of hydrogen-bond acceptors (Lipinski definition) is 3. The lowest BCUT2D eigenvalue weighted by Gasteiger charge is -2.13. The first-order valence-corrected chi connectivity index (χ1v) is 7.64. The third kappa shape index (κ3) is 3.51. The molecular weight excluding hydrogens is 352 g/mol. The molecule has 26 heavy (non-hydrogen) atoms. The predicted molar refractivity (Wildman–Crippen MR) is 85.6 cm³/mol. The summed E-state index contributed by atoms with van der Waals surface area (Å²) >= 11 is 0. The molecule has 0 aliphatic carbocycles. The van der Waals surface area contributed by atoms with Crippen molar-refractivity contribution in [3.8, 4) is 5.82 Å². The van der Waals surface area contributed by atoms with Crippen LogP contribution in [0.2, 0.25) is 0 Å². The molecule has 9 heteroatoms. The molecule has 2 aromatic heterocycles. The summed E-state index contributed by atoms with van der Waals surface area (Å²) in [5.41, 5.74) is -0.608. The minimum Gasteiger partial charge on any atom is -0.311 e. The Kier molecular flexibility index (Phi) is 4.39. The van der Waals surface area contributed by atoms with E-state index in [1.807, 2.05) is 0 Å². The van der Waals surface area contributed by atoms with Gasteiger partial charge in [0.25, 0.3) is 5.56 Å². The standard InChI is InChI=1S/C17H14F4N4O/c1-9(11-3-4-13(14(18)5-11)17(19,20)21)12-7-22-25(8-12)15-6-16(26)24-10(2)23-15/h3-9H,1-2H3,(H,23,24,26). The van der Waals surface area contributed by atoms with Crippen molar-refractivity contribution in [3.05, 3.63) is 75.3 Å². The second-order valence-corrected chi connectivity index (χ2v) is 5.87. The number of aromatic amines is 1. The molecule has 3 aromatic rings. The highest BCUT2D eigenvalue weighted by Gasteiger charge is 2.34. The number of benzene rings is 1. The molecule has 5 nitrogen and oxygen atoms in total. The quantitative estimate of drug-likeness (QED) is 0.721. The molecule has 0 aliphatic rings. The molecule has 1 unspecified atom stereocenters. The molecule has 0 saturated carbocycles. The van der Waals surface area contributed by atoms with Crippen molar-refractivity contribution in [2.45, 2.75) is 25.9 Å². The number of rotatable bonds is 3. The number of nitrogens with zero attached hydrogens (tertiary/aromatic N) is 3. The number of halogens is 4. The van der Waals surface area contributed by atoms with Crippen molar-refractivity contribution in [2.24, 2.45) is 0 Å². The highest BCUT2D eigenvalue weighted by molar-refractivity contribution is 5.34. The minimum atomic E-state index is -4.74. The summed E-state index contributed by atoms with van der Waals surface area (Å²) in [6.45, 7) is 3.35. The molecule has 136 valence electrons. The maximum Gasteiger partial charge on any atom is 0.419 e. The van der Waals surface area contributed by atoms with E-state index in [4.69, 9.17) is 0 Å². The second kappa shape index (κ2) is 6.40. The Balaban J connectivity index is 1.92. The van der Waals surface area contributed by atoms with Gasteiger partial charge in [-0.15, -0.1) is 0 Å². The molecule has 0 amide bonds. The Bertz CT molecular complexity index is 1010. The van der Waals surface area contributed by atoms with Gasteiger partial charge in [0, 0.05) is 18.2 Å². The van der Waals surface area contributed by atoms with Gasteiger partial charge in [0.05, 0.1) is 11.8 Å². The molecule has 3 rings (SSSR count). The third-order valence-electron chi connectivity index (χ3n) is 3.98. The van der Waals surface area contributed by atoms with E-state index in [2.05, 4.69) is 15.1 Å². The van der Waals surface area contributed by atoms with E-state index in [-0.39, 0.29) is 5.56 Å². The monoisotopic (exact) mass is 366 g/mol. The van der Waals surface area contributed by atoms with Gasteiger partial charge in [0.2, 0.25) is 0 Å². The molecule has 0 bridgehead atoms. The fourth-order valence-corrected chi connectivity index (χ4v) is 2.59. The maximum absolute atomic E-state index is 13.8. The molecule has 0 radical (unpaired) electrons. The van der Waals surface area contributed by atoms with Crippen LogP contribution in [0, 0.1) is 12.7 Å². The summed E-state index contributed by atoms with van der Waals surface area (Å²) in [5.74, 6) is -0.990. The summed E-state index contributed by atoms with van der Waals surface area (Å²) < 4.78 is 53.2.